The Morgan fingerprint density at radius 1 is 1.53 bits per heavy atom. The molecular weight excluding hydrogens is 214 g/mol. The lowest BCUT2D eigenvalue weighted by atomic mass is 10.2. The number of rotatable bonds is 3. The normalized spacial score (nSPS) is 13.2. The van der Waals surface area contributed by atoms with E-state index in [2.05, 4.69) is 19.9 Å². The number of nitrogens with two attached hydrogens (primary N) is 1. The highest BCUT2D eigenvalue weighted by molar-refractivity contribution is 5.55. The summed E-state index contributed by atoms with van der Waals surface area (Å²) in [6, 6.07) is 4.03. The van der Waals surface area contributed by atoms with Crippen LogP contribution in [0, 0.1) is 11.3 Å². The minimum Gasteiger partial charge on any atom is -0.472 e. The van der Waals surface area contributed by atoms with Gasteiger partial charge in [-0.05, 0) is 34.1 Å². The molecule has 4 heteroatoms. The van der Waals surface area contributed by atoms with Crippen LogP contribution in [0.5, 0.6) is 5.88 Å². The molecule has 0 amide bonds. The molecule has 94 valence electrons. The standard InChI is InChI=1S/C13H21N3O/c1-6-9(2)16-10(8-14)7-11(15)12(16)17-13(3,4)5/h7,9H,6,15H2,1-5H3/t9-/m0/s1. The molecule has 1 aromatic heterocycles. The SMILES string of the molecule is CC[C@H](C)n1c(C#N)cc(N)c1OC(C)(C)C. The Kier molecular flexibility index (Phi) is 3.72. The van der Waals surface area contributed by atoms with E-state index in [1.165, 1.54) is 0 Å². The quantitative estimate of drug-likeness (QED) is 0.875. The number of nitriles is 1. The molecule has 4 nitrogen and oxygen atoms in total. The van der Waals surface area contributed by atoms with Crippen LogP contribution in [0.15, 0.2) is 6.07 Å². The predicted octanol–water partition coefficient (Wildman–Crippen LogP) is 3.09. The first-order chi connectivity index (χ1) is 7.80. The smallest absolute Gasteiger partial charge is 0.219 e. The van der Waals surface area contributed by atoms with Gasteiger partial charge in [-0.3, -0.25) is 4.57 Å². The summed E-state index contributed by atoms with van der Waals surface area (Å²) in [6.07, 6.45) is 0.920. The fraction of sp³-hybridized carbons (Fsp3) is 0.615. The number of nitrogens with zero attached hydrogens (tertiary/aromatic N) is 2. The van der Waals surface area contributed by atoms with Crippen LogP contribution in [0.1, 0.15) is 52.8 Å². The zero-order valence-electron chi connectivity index (χ0n) is 11.2. The lowest BCUT2D eigenvalue weighted by molar-refractivity contribution is 0.116. The molecule has 0 radical (unpaired) electrons. The summed E-state index contributed by atoms with van der Waals surface area (Å²) in [7, 11) is 0. The molecule has 0 unspecified atom stereocenters. The van der Waals surface area contributed by atoms with Crippen molar-refractivity contribution in [1.29, 1.82) is 5.26 Å². The largest absolute Gasteiger partial charge is 0.472 e. The maximum atomic E-state index is 9.12. The van der Waals surface area contributed by atoms with Gasteiger partial charge in [0.2, 0.25) is 5.88 Å². The first kappa shape index (κ1) is 13.4. The highest BCUT2D eigenvalue weighted by Gasteiger charge is 2.22. The van der Waals surface area contributed by atoms with Gasteiger partial charge >= 0.3 is 0 Å². The fourth-order valence-electron chi connectivity index (χ4n) is 1.63. The highest BCUT2D eigenvalue weighted by atomic mass is 16.5. The van der Waals surface area contributed by atoms with Gasteiger partial charge < -0.3 is 10.5 Å². The van der Waals surface area contributed by atoms with Gasteiger partial charge in [-0.1, -0.05) is 6.92 Å². The number of anilines is 1. The van der Waals surface area contributed by atoms with Crippen molar-refractivity contribution in [2.45, 2.75) is 52.7 Å². The molecule has 0 bridgehead atoms. The van der Waals surface area contributed by atoms with Crippen molar-refractivity contribution in [1.82, 2.24) is 4.57 Å². The first-order valence-electron chi connectivity index (χ1n) is 5.90. The number of aromatic nitrogens is 1. The van der Waals surface area contributed by atoms with Gasteiger partial charge in [-0.25, -0.2) is 0 Å². The second kappa shape index (κ2) is 4.70. The molecule has 0 spiro atoms. The van der Waals surface area contributed by atoms with E-state index in [-0.39, 0.29) is 11.6 Å². The van der Waals surface area contributed by atoms with E-state index < -0.39 is 0 Å². The zero-order valence-corrected chi connectivity index (χ0v) is 11.2. The Bertz CT molecular complexity index is 435. The van der Waals surface area contributed by atoms with Crippen molar-refractivity contribution in [3.8, 4) is 11.9 Å². The Morgan fingerprint density at radius 3 is 2.53 bits per heavy atom. The topological polar surface area (TPSA) is 64.0 Å². The Labute approximate surface area is 103 Å². The number of hydrogen-bond donors (Lipinski definition) is 1. The van der Waals surface area contributed by atoms with E-state index >= 15 is 0 Å². The third-order valence-electron chi connectivity index (χ3n) is 2.57. The lowest BCUT2D eigenvalue weighted by Gasteiger charge is -2.25. The molecule has 1 rings (SSSR count). The Balaban J connectivity index is 3.28. The third kappa shape index (κ3) is 2.94. The fourth-order valence-corrected chi connectivity index (χ4v) is 1.63. The third-order valence-corrected chi connectivity index (χ3v) is 2.57. The second-order valence-electron chi connectivity index (χ2n) is 5.24. The molecule has 0 saturated heterocycles. The molecule has 0 fully saturated rings. The molecule has 2 N–H and O–H groups in total. The van der Waals surface area contributed by atoms with Crippen molar-refractivity contribution in [2.24, 2.45) is 0 Å². The van der Waals surface area contributed by atoms with Gasteiger partial charge in [0, 0.05) is 12.1 Å². The zero-order chi connectivity index (χ0) is 13.2. The van der Waals surface area contributed by atoms with Crippen LogP contribution in [-0.2, 0) is 0 Å². The van der Waals surface area contributed by atoms with Crippen LogP contribution in [0.25, 0.3) is 0 Å². The van der Waals surface area contributed by atoms with Crippen molar-refractivity contribution >= 4 is 5.69 Å². The van der Waals surface area contributed by atoms with Gasteiger partial charge in [0.15, 0.2) is 0 Å². The summed E-state index contributed by atoms with van der Waals surface area (Å²) in [5.74, 6) is 0.600. The summed E-state index contributed by atoms with van der Waals surface area (Å²) >= 11 is 0. The molecule has 1 atom stereocenters. The monoisotopic (exact) mass is 235 g/mol. The molecule has 17 heavy (non-hydrogen) atoms. The lowest BCUT2D eigenvalue weighted by Crippen LogP contribution is -2.25. The average molecular weight is 235 g/mol. The summed E-state index contributed by atoms with van der Waals surface area (Å²) in [5, 5.41) is 9.12. The summed E-state index contributed by atoms with van der Waals surface area (Å²) in [5.41, 5.74) is 6.67. The van der Waals surface area contributed by atoms with Crippen molar-refractivity contribution in [3.05, 3.63) is 11.8 Å². The van der Waals surface area contributed by atoms with Crippen LogP contribution < -0.4 is 10.5 Å². The van der Waals surface area contributed by atoms with Gasteiger partial charge in [-0.2, -0.15) is 5.26 Å². The minimum absolute atomic E-state index is 0.194. The van der Waals surface area contributed by atoms with Crippen LogP contribution in [0.2, 0.25) is 0 Å². The molecule has 0 aliphatic carbocycles. The van der Waals surface area contributed by atoms with Gasteiger partial charge in [0.25, 0.3) is 0 Å². The summed E-state index contributed by atoms with van der Waals surface area (Å²) in [4.78, 5) is 0. The van der Waals surface area contributed by atoms with Crippen molar-refractivity contribution in [2.75, 3.05) is 5.73 Å². The maximum Gasteiger partial charge on any atom is 0.219 e. The molecule has 0 aliphatic heterocycles. The van der Waals surface area contributed by atoms with E-state index in [1.54, 1.807) is 6.07 Å². The first-order valence-corrected chi connectivity index (χ1v) is 5.90. The summed E-state index contributed by atoms with van der Waals surface area (Å²) < 4.78 is 7.73. The van der Waals surface area contributed by atoms with E-state index in [1.807, 2.05) is 25.3 Å². The van der Waals surface area contributed by atoms with E-state index in [0.29, 0.717) is 17.3 Å². The van der Waals surface area contributed by atoms with Crippen LogP contribution in [0.3, 0.4) is 0 Å². The number of ether oxygens (including phenoxy) is 1. The predicted molar refractivity (Wildman–Crippen MR) is 68.9 cm³/mol. The highest BCUT2D eigenvalue weighted by Crippen LogP contribution is 2.33. The van der Waals surface area contributed by atoms with Crippen molar-refractivity contribution in [3.63, 3.8) is 0 Å². The van der Waals surface area contributed by atoms with E-state index in [4.69, 9.17) is 15.7 Å². The van der Waals surface area contributed by atoms with Crippen molar-refractivity contribution < 1.29 is 4.74 Å². The molecule has 1 aromatic rings. The van der Waals surface area contributed by atoms with Crippen LogP contribution in [0.4, 0.5) is 5.69 Å². The van der Waals surface area contributed by atoms with E-state index in [0.717, 1.165) is 6.42 Å². The molecular formula is C13H21N3O. The summed E-state index contributed by atoms with van der Waals surface area (Å²) in [6.45, 7) is 10.0. The molecule has 0 aliphatic rings. The maximum absolute atomic E-state index is 9.12. The van der Waals surface area contributed by atoms with Gasteiger partial charge in [0.1, 0.15) is 17.4 Å². The minimum atomic E-state index is -0.329. The molecule has 0 saturated carbocycles. The number of nitrogen functional groups attached to an aromatic ring is 1. The average Bonchev–Trinajstić information content (AvgIpc) is 2.52. The number of hydrogen-bond acceptors (Lipinski definition) is 3. The second-order valence-corrected chi connectivity index (χ2v) is 5.24. The Morgan fingerprint density at radius 2 is 2.12 bits per heavy atom. The van der Waals surface area contributed by atoms with Crippen LogP contribution in [-0.4, -0.2) is 10.2 Å². The Hall–Kier alpha value is -1.63. The van der Waals surface area contributed by atoms with Gasteiger partial charge in [-0.15, -0.1) is 0 Å². The molecule has 1 heterocycles. The van der Waals surface area contributed by atoms with E-state index in [9.17, 15) is 0 Å². The molecule has 0 aromatic carbocycles. The van der Waals surface area contributed by atoms with Gasteiger partial charge in [0.05, 0.1) is 5.69 Å². The van der Waals surface area contributed by atoms with Crippen LogP contribution >= 0.6 is 0 Å².